The minimum absolute atomic E-state index is 0. The van der Waals surface area contributed by atoms with Crippen molar-refractivity contribution in [2.24, 2.45) is 0 Å². The number of carbonyl (C=O) groups excluding carboxylic acids is 1. The second-order valence-corrected chi connectivity index (χ2v) is 1.02. The molecule has 0 aromatic carbocycles. The summed E-state index contributed by atoms with van der Waals surface area (Å²) < 4.78 is 0. The van der Waals surface area contributed by atoms with Crippen LogP contribution in [0.4, 0.5) is 0 Å². The van der Waals surface area contributed by atoms with E-state index in [1.165, 1.54) is 0 Å². The first-order chi connectivity index (χ1) is 3.18. The zero-order valence-electron chi connectivity index (χ0n) is 5.00. The van der Waals surface area contributed by atoms with Crippen molar-refractivity contribution in [3.8, 4) is 0 Å². The first-order valence-corrected chi connectivity index (χ1v) is 1.68. The molecule has 0 amide bonds. The average Bonchev–Trinajstić information content (AvgIpc) is 1.65. The Morgan fingerprint density at radius 2 is 2.00 bits per heavy atom. The van der Waals surface area contributed by atoms with E-state index < -0.39 is 18.7 Å². The van der Waals surface area contributed by atoms with Gasteiger partial charge in [0, 0.05) is 0 Å². The minimum atomic E-state index is -1.74. The van der Waals surface area contributed by atoms with Gasteiger partial charge < -0.3 is 26.3 Å². The zero-order chi connectivity index (χ0) is 5.86. The number of hydrogen-bond acceptors (Lipinski definition) is 4. The van der Waals surface area contributed by atoms with E-state index in [0.717, 1.165) is 0 Å². The monoisotopic (exact) mass is 213 g/mol. The fourth-order valence-corrected chi connectivity index (χ4v) is 0.0745. The third kappa shape index (κ3) is 8.23. The minimum Gasteiger partial charge on any atom is -0.547 e. The maximum absolute atomic E-state index is 9.41. The fourth-order valence-electron chi connectivity index (χ4n) is 0.0745. The van der Waals surface area contributed by atoms with Crippen LogP contribution in [0.3, 0.4) is 0 Å². The van der Waals surface area contributed by atoms with E-state index in [1.807, 2.05) is 0 Å². The summed E-state index contributed by atoms with van der Waals surface area (Å²) in [7, 11) is 0. The standard InChI is InChI=1S/C3H6O4.H3N.Zr/c4-1-2(5)3(6)7;;/h2,4-5H,1H2,(H,6,7);1H3;/q;;+2. The molecular formula is C3H9NO4Zr+2. The zero-order valence-corrected chi connectivity index (χ0v) is 7.45. The van der Waals surface area contributed by atoms with Crippen LogP contribution in [0.2, 0.25) is 0 Å². The first-order valence-electron chi connectivity index (χ1n) is 1.68. The maximum Gasteiger partial charge on any atom is 2.00 e. The molecular weight excluding hydrogens is 205 g/mol. The molecule has 1 atom stereocenters. The van der Waals surface area contributed by atoms with E-state index in [1.54, 1.807) is 0 Å². The largest absolute Gasteiger partial charge is 2.00 e. The molecule has 6 heteroatoms. The number of quaternary nitrogens is 1. The van der Waals surface area contributed by atoms with Crippen LogP contribution in [0, 0.1) is 0 Å². The van der Waals surface area contributed by atoms with E-state index >= 15 is 0 Å². The van der Waals surface area contributed by atoms with Crippen molar-refractivity contribution in [1.29, 1.82) is 0 Å². The first kappa shape index (κ1) is 16.1. The van der Waals surface area contributed by atoms with Gasteiger partial charge in [-0.15, -0.1) is 0 Å². The summed E-state index contributed by atoms with van der Waals surface area (Å²) in [5.74, 6) is -1.65. The van der Waals surface area contributed by atoms with Crippen LogP contribution in [-0.2, 0) is 31.0 Å². The van der Waals surface area contributed by atoms with Gasteiger partial charge in [-0.25, -0.2) is 0 Å². The Labute approximate surface area is 71.4 Å². The number of hydrogen-bond donors (Lipinski definition) is 3. The van der Waals surface area contributed by atoms with Crippen LogP contribution in [0.15, 0.2) is 0 Å². The van der Waals surface area contributed by atoms with Crippen LogP contribution in [-0.4, -0.2) is 28.9 Å². The number of rotatable bonds is 2. The van der Waals surface area contributed by atoms with Crippen LogP contribution >= 0.6 is 0 Å². The molecule has 0 aliphatic rings. The van der Waals surface area contributed by atoms with Gasteiger partial charge in [0.2, 0.25) is 0 Å². The Balaban J connectivity index is -0.000000180. The summed E-state index contributed by atoms with van der Waals surface area (Å²) >= 11 is 0. The van der Waals surface area contributed by atoms with Crippen LogP contribution in [0.1, 0.15) is 0 Å². The van der Waals surface area contributed by atoms with Crippen LogP contribution in [0.5, 0.6) is 0 Å². The van der Waals surface area contributed by atoms with Crippen LogP contribution in [0.25, 0.3) is 0 Å². The van der Waals surface area contributed by atoms with E-state index in [-0.39, 0.29) is 32.4 Å². The Kier molecular flexibility index (Phi) is 14.7. The quantitative estimate of drug-likeness (QED) is 0.469. The second kappa shape index (κ2) is 8.23. The van der Waals surface area contributed by atoms with Crippen molar-refractivity contribution in [3.63, 3.8) is 0 Å². The summed E-state index contributed by atoms with van der Waals surface area (Å²) in [6.45, 7) is -0.789. The van der Waals surface area contributed by atoms with Gasteiger partial charge in [0.25, 0.3) is 0 Å². The molecule has 52 valence electrons. The number of carbonyl (C=O) groups is 1. The molecule has 0 heterocycles. The van der Waals surface area contributed by atoms with Crippen molar-refractivity contribution < 1.29 is 46.3 Å². The second-order valence-electron chi connectivity index (χ2n) is 1.02. The van der Waals surface area contributed by atoms with Crippen molar-refractivity contribution in [1.82, 2.24) is 6.15 Å². The Bertz CT molecular complexity index is 78.2. The van der Waals surface area contributed by atoms with Crippen molar-refractivity contribution in [2.45, 2.75) is 6.10 Å². The summed E-state index contributed by atoms with van der Waals surface area (Å²) in [4.78, 5) is 9.41. The fraction of sp³-hybridized carbons (Fsp3) is 0.667. The molecule has 0 spiro atoms. The maximum atomic E-state index is 9.41. The molecule has 0 bridgehead atoms. The van der Waals surface area contributed by atoms with E-state index in [0.29, 0.717) is 0 Å². The molecule has 1 unspecified atom stereocenters. The molecule has 0 rings (SSSR count). The molecule has 0 aromatic rings. The molecule has 9 heavy (non-hydrogen) atoms. The van der Waals surface area contributed by atoms with Crippen LogP contribution < -0.4 is 11.3 Å². The molecule has 0 aromatic heterocycles. The van der Waals surface area contributed by atoms with Gasteiger partial charge in [0.15, 0.2) is 0 Å². The molecule has 6 N–H and O–H groups in total. The number of aliphatic hydroxyl groups excluding tert-OH is 2. The topological polar surface area (TPSA) is 117 Å². The Morgan fingerprint density at radius 3 is 2.00 bits per heavy atom. The number of carboxylic acid groups (broad SMARTS) is 1. The summed E-state index contributed by atoms with van der Waals surface area (Å²) in [5.41, 5.74) is 0. The predicted molar refractivity (Wildman–Crippen MR) is 24.1 cm³/mol. The molecule has 5 nitrogen and oxygen atoms in total. The Morgan fingerprint density at radius 1 is 1.67 bits per heavy atom. The van der Waals surface area contributed by atoms with Gasteiger partial charge in [-0.2, -0.15) is 0 Å². The molecule has 0 radical (unpaired) electrons. The smallest absolute Gasteiger partial charge is 0.547 e. The third-order valence-corrected chi connectivity index (χ3v) is 0.445. The number of aliphatic hydroxyl groups is 2. The van der Waals surface area contributed by atoms with E-state index in [2.05, 4.69) is 0 Å². The number of carboxylic acids is 1. The van der Waals surface area contributed by atoms with Gasteiger partial charge in [-0.3, -0.25) is 0 Å². The van der Waals surface area contributed by atoms with Gasteiger partial charge in [0.1, 0.15) is 6.10 Å². The van der Waals surface area contributed by atoms with Crippen molar-refractivity contribution in [3.05, 3.63) is 0 Å². The van der Waals surface area contributed by atoms with Gasteiger partial charge in [-0.1, -0.05) is 0 Å². The summed E-state index contributed by atoms with van der Waals surface area (Å²) in [6.07, 6.45) is -1.74. The Hall–Kier alpha value is 0.233. The molecule has 0 saturated heterocycles. The summed E-state index contributed by atoms with van der Waals surface area (Å²) in [6, 6.07) is 0. The molecule has 0 fully saturated rings. The molecule has 0 saturated carbocycles. The predicted octanol–water partition coefficient (Wildman–Crippen LogP) is -2.54. The van der Waals surface area contributed by atoms with Gasteiger partial charge in [-0.05, 0) is 0 Å². The van der Waals surface area contributed by atoms with Crippen molar-refractivity contribution in [2.75, 3.05) is 6.61 Å². The van der Waals surface area contributed by atoms with E-state index in [9.17, 15) is 9.90 Å². The van der Waals surface area contributed by atoms with Gasteiger partial charge >= 0.3 is 26.2 Å². The SMILES string of the molecule is O=C([O-])C(O)CO.[NH4+].[Zr+2]. The normalized spacial score (nSPS) is 10.4. The third-order valence-electron chi connectivity index (χ3n) is 0.445. The van der Waals surface area contributed by atoms with Crippen molar-refractivity contribution >= 4 is 5.97 Å². The average molecular weight is 214 g/mol. The summed E-state index contributed by atoms with van der Waals surface area (Å²) in [5, 5.41) is 25.3. The molecule has 0 aliphatic carbocycles. The number of aliphatic carboxylic acids is 1. The molecule has 0 aliphatic heterocycles. The van der Waals surface area contributed by atoms with E-state index in [4.69, 9.17) is 10.2 Å². The van der Waals surface area contributed by atoms with Gasteiger partial charge in [0.05, 0.1) is 12.6 Å².